The average molecular weight is 412 g/mol. The molecule has 3 aromatic heterocycles. The van der Waals surface area contributed by atoms with Gasteiger partial charge in [-0.2, -0.15) is 0 Å². The van der Waals surface area contributed by atoms with Gasteiger partial charge >= 0.3 is 0 Å². The molecule has 1 aliphatic heterocycles. The minimum atomic E-state index is -0.112. The molecule has 1 N–H and O–H groups in total. The highest BCUT2D eigenvalue weighted by molar-refractivity contribution is 7.20. The Hall–Kier alpha value is -2.58. The van der Waals surface area contributed by atoms with Crippen LogP contribution in [0.2, 0.25) is 0 Å². The molecule has 4 rings (SSSR count). The number of amides is 1. The summed E-state index contributed by atoms with van der Waals surface area (Å²) in [4.78, 5) is 37.7. The van der Waals surface area contributed by atoms with Gasteiger partial charge in [0.2, 0.25) is 0 Å². The van der Waals surface area contributed by atoms with Crippen LogP contribution in [0.25, 0.3) is 10.2 Å². The van der Waals surface area contributed by atoms with Gasteiger partial charge in [0.15, 0.2) is 0 Å². The van der Waals surface area contributed by atoms with Crippen molar-refractivity contribution < 1.29 is 4.79 Å². The number of hydrogen-bond acceptors (Lipinski definition) is 6. The fraction of sp³-hybridized carbons (Fsp3) is 0.429. The third-order valence-corrected chi connectivity index (χ3v) is 6.83. The third kappa shape index (κ3) is 3.95. The fourth-order valence-corrected chi connectivity index (χ4v) is 5.01. The van der Waals surface area contributed by atoms with Crippen molar-refractivity contribution in [3.8, 4) is 0 Å². The van der Waals surface area contributed by atoms with Crippen LogP contribution in [-0.4, -0.2) is 44.5 Å². The van der Waals surface area contributed by atoms with Crippen molar-refractivity contribution in [3.63, 3.8) is 0 Å². The van der Waals surface area contributed by atoms with E-state index in [2.05, 4.69) is 27.1 Å². The van der Waals surface area contributed by atoms with E-state index in [4.69, 9.17) is 0 Å². The molecule has 2 unspecified atom stereocenters. The Labute approximate surface area is 173 Å². The largest absolute Gasteiger partial charge is 0.348 e. The molecule has 2 atom stereocenters. The number of aromatic nitrogens is 3. The first-order valence-electron chi connectivity index (χ1n) is 9.82. The minimum Gasteiger partial charge on any atom is -0.348 e. The van der Waals surface area contributed by atoms with Crippen molar-refractivity contribution in [1.29, 1.82) is 0 Å². The van der Waals surface area contributed by atoms with E-state index in [0.29, 0.717) is 21.0 Å². The Kier molecular flexibility index (Phi) is 5.47. The van der Waals surface area contributed by atoms with E-state index >= 15 is 0 Å². The zero-order valence-electron chi connectivity index (χ0n) is 16.9. The molecule has 0 aromatic carbocycles. The number of carbonyl (C=O) groups excluding carboxylic acids is 1. The highest BCUT2D eigenvalue weighted by Gasteiger charge is 2.29. The van der Waals surface area contributed by atoms with E-state index in [-0.39, 0.29) is 17.5 Å². The number of rotatable bonds is 4. The molecule has 0 aliphatic carbocycles. The molecular weight excluding hydrogens is 386 g/mol. The standard InChI is InChI=1S/C21H25N5O2S/c1-13-10-26(11-15-6-4-5-8-22-15)9-7-16(13)24-19(27)18-14(2)17-20(29-18)23-12-25(3)21(17)28/h4-6,8,12-13,16H,7,9-11H2,1-3H3,(H,24,27). The van der Waals surface area contributed by atoms with E-state index in [0.717, 1.165) is 37.3 Å². The molecular formula is C21H25N5O2S. The van der Waals surface area contributed by atoms with Crippen molar-refractivity contribution in [1.82, 2.24) is 24.8 Å². The zero-order valence-corrected chi connectivity index (χ0v) is 17.7. The topological polar surface area (TPSA) is 80.1 Å². The molecule has 152 valence electrons. The van der Waals surface area contributed by atoms with Crippen molar-refractivity contribution in [2.24, 2.45) is 13.0 Å². The molecule has 1 saturated heterocycles. The third-order valence-electron chi connectivity index (χ3n) is 5.63. The second kappa shape index (κ2) is 8.04. The van der Waals surface area contributed by atoms with Crippen LogP contribution in [0.15, 0.2) is 35.5 Å². The Morgan fingerprint density at radius 1 is 1.34 bits per heavy atom. The second-order valence-corrected chi connectivity index (χ2v) is 8.80. The number of pyridine rings is 1. The van der Waals surface area contributed by atoms with Gasteiger partial charge in [-0.15, -0.1) is 11.3 Å². The molecule has 29 heavy (non-hydrogen) atoms. The minimum absolute atomic E-state index is 0.109. The maximum atomic E-state index is 13.0. The molecule has 1 fully saturated rings. The van der Waals surface area contributed by atoms with E-state index < -0.39 is 0 Å². The average Bonchev–Trinajstić information content (AvgIpc) is 3.05. The number of aryl methyl sites for hydroxylation is 2. The Balaban J connectivity index is 1.44. The number of carbonyl (C=O) groups is 1. The summed E-state index contributed by atoms with van der Waals surface area (Å²) >= 11 is 1.29. The quantitative estimate of drug-likeness (QED) is 0.713. The predicted octanol–water partition coefficient (Wildman–Crippen LogP) is 2.34. The highest BCUT2D eigenvalue weighted by atomic mass is 32.1. The lowest BCUT2D eigenvalue weighted by atomic mass is 9.93. The number of likely N-dealkylation sites (tertiary alicyclic amines) is 1. The lowest BCUT2D eigenvalue weighted by Crippen LogP contribution is -2.49. The Morgan fingerprint density at radius 3 is 2.90 bits per heavy atom. The van der Waals surface area contributed by atoms with Crippen LogP contribution in [0.3, 0.4) is 0 Å². The molecule has 0 spiro atoms. The van der Waals surface area contributed by atoms with Crippen LogP contribution in [0.1, 0.15) is 34.3 Å². The number of piperidine rings is 1. The first-order chi connectivity index (χ1) is 13.9. The van der Waals surface area contributed by atoms with Gasteiger partial charge < -0.3 is 9.88 Å². The van der Waals surface area contributed by atoms with E-state index in [1.807, 2.05) is 31.3 Å². The van der Waals surface area contributed by atoms with E-state index in [9.17, 15) is 9.59 Å². The lowest BCUT2D eigenvalue weighted by Gasteiger charge is -2.37. The van der Waals surface area contributed by atoms with Crippen LogP contribution in [0.4, 0.5) is 0 Å². The molecule has 1 amide bonds. The van der Waals surface area contributed by atoms with Gasteiger partial charge in [-0.3, -0.25) is 19.5 Å². The van der Waals surface area contributed by atoms with Gasteiger partial charge in [-0.05, 0) is 37.0 Å². The molecule has 0 saturated carbocycles. The van der Waals surface area contributed by atoms with Gasteiger partial charge in [0.25, 0.3) is 11.5 Å². The van der Waals surface area contributed by atoms with Crippen molar-refractivity contribution in [2.75, 3.05) is 13.1 Å². The predicted molar refractivity (Wildman–Crippen MR) is 114 cm³/mol. The first-order valence-corrected chi connectivity index (χ1v) is 10.6. The number of nitrogens with zero attached hydrogens (tertiary/aromatic N) is 4. The van der Waals surface area contributed by atoms with Crippen LogP contribution in [0, 0.1) is 12.8 Å². The number of nitrogens with one attached hydrogen (secondary N) is 1. The summed E-state index contributed by atoms with van der Waals surface area (Å²) in [5.41, 5.74) is 1.67. The molecule has 1 aliphatic rings. The van der Waals surface area contributed by atoms with Crippen LogP contribution in [-0.2, 0) is 13.6 Å². The monoisotopic (exact) mass is 411 g/mol. The van der Waals surface area contributed by atoms with Crippen molar-refractivity contribution in [2.45, 2.75) is 32.9 Å². The molecule has 7 nitrogen and oxygen atoms in total. The van der Waals surface area contributed by atoms with Gasteiger partial charge in [0.1, 0.15) is 4.83 Å². The van der Waals surface area contributed by atoms with Gasteiger partial charge in [0.05, 0.1) is 22.3 Å². The van der Waals surface area contributed by atoms with E-state index in [1.54, 1.807) is 7.05 Å². The number of hydrogen-bond donors (Lipinski definition) is 1. The molecule has 0 radical (unpaired) electrons. The summed E-state index contributed by atoms with van der Waals surface area (Å²) in [5.74, 6) is 0.222. The summed E-state index contributed by atoms with van der Waals surface area (Å²) in [5, 5.41) is 3.74. The van der Waals surface area contributed by atoms with Crippen molar-refractivity contribution >= 4 is 27.5 Å². The first kappa shape index (κ1) is 19.7. The van der Waals surface area contributed by atoms with E-state index in [1.165, 1.54) is 22.2 Å². The normalized spacial score (nSPS) is 20.1. The summed E-state index contributed by atoms with van der Waals surface area (Å²) in [6, 6.07) is 6.09. The van der Waals surface area contributed by atoms with Crippen LogP contribution >= 0.6 is 11.3 Å². The fourth-order valence-electron chi connectivity index (χ4n) is 3.97. The van der Waals surface area contributed by atoms with Crippen molar-refractivity contribution in [3.05, 3.63) is 57.2 Å². The summed E-state index contributed by atoms with van der Waals surface area (Å²) in [6.45, 7) is 6.66. The number of fused-ring (bicyclic) bond motifs is 1. The summed E-state index contributed by atoms with van der Waals surface area (Å²) < 4.78 is 1.45. The molecule has 4 heterocycles. The van der Waals surface area contributed by atoms with Gasteiger partial charge in [-0.25, -0.2) is 4.98 Å². The van der Waals surface area contributed by atoms with Crippen LogP contribution < -0.4 is 10.9 Å². The molecule has 8 heteroatoms. The molecule has 3 aromatic rings. The van der Waals surface area contributed by atoms with Crippen LogP contribution in [0.5, 0.6) is 0 Å². The SMILES string of the molecule is Cc1c(C(=O)NC2CCN(Cc3ccccn3)CC2C)sc2ncn(C)c(=O)c12. The molecule has 0 bridgehead atoms. The Morgan fingerprint density at radius 2 is 2.17 bits per heavy atom. The maximum Gasteiger partial charge on any atom is 0.262 e. The highest BCUT2D eigenvalue weighted by Crippen LogP contribution is 2.27. The zero-order chi connectivity index (χ0) is 20.5. The second-order valence-electron chi connectivity index (χ2n) is 7.80. The smallest absolute Gasteiger partial charge is 0.262 e. The van der Waals surface area contributed by atoms with Gasteiger partial charge in [-0.1, -0.05) is 13.0 Å². The summed E-state index contributed by atoms with van der Waals surface area (Å²) in [7, 11) is 1.67. The lowest BCUT2D eigenvalue weighted by molar-refractivity contribution is 0.0863. The number of thiophene rings is 1. The maximum absolute atomic E-state index is 13.0. The van der Waals surface area contributed by atoms with Gasteiger partial charge in [0, 0.05) is 38.9 Å². The Bertz CT molecular complexity index is 1090. The summed E-state index contributed by atoms with van der Waals surface area (Å²) in [6.07, 6.45) is 4.21.